The first-order valence-electron chi connectivity index (χ1n) is 6.34. The topological polar surface area (TPSA) is 37.8 Å². The fourth-order valence-electron chi connectivity index (χ4n) is 1.72. The van der Waals surface area contributed by atoms with Crippen molar-refractivity contribution in [2.75, 3.05) is 5.32 Å². The molecule has 0 bridgehead atoms. The Morgan fingerprint density at radius 2 is 1.85 bits per heavy atom. The standard InChI is InChI=1S/C15H17BrClN3/c1-9-7-10(16)5-6-11(9)18-13-8-12(17)19-14(20-13)15(2,3)4/h5-8H,1-4H3,(H,18,19,20). The minimum absolute atomic E-state index is 0.143. The van der Waals surface area contributed by atoms with Crippen molar-refractivity contribution in [3.05, 3.63) is 45.3 Å². The predicted octanol–water partition coefficient (Wildman–Crippen LogP) is 5.24. The Bertz CT molecular complexity index is 636. The van der Waals surface area contributed by atoms with E-state index >= 15 is 0 Å². The van der Waals surface area contributed by atoms with E-state index in [9.17, 15) is 0 Å². The molecule has 1 heterocycles. The van der Waals surface area contributed by atoms with E-state index in [4.69, 9.17) is 11.6 Å². The van der Waals surface area contributed by atoms with E-state index in [0.29, 0.717) is 11.0 Å². The van der Waals surface area contributed by atoms with Gasteiger partial charge in [0.25, 0.3) is 0 Å². The van der Waals surface area contributed by atoms with Gasteiger partial charge in [0, 0.05) is 21.6 Å². The molecule has 0 amide bonds. The number of benzene rings is 1. The smallest absolute Gasteiger partial charge is 0.137 e. The van der Waals surface area contributed by atoms with Gasteiger partial charge < -0.3 is 5.32 Å². The van der Waals surface area contributed by atoms with Gasteiger partial charge in [-0.15, -0.1) is 0 Å². The number of hydrogen-bond acceptors (Lipinski definition) is 3. The highest BCUT2D eigenvalue weighted by Crippen LogP contribution is 2.26. The second-order valence-electron chi connectivity index (χ2n) is 5.73. The van der Waals surface area contributed by atoms with Gasteiger partial charge >= 0.3 is 0 Å². The second-order valence-corrected chi connectivity index (χ2v) is 7.04. The summed E-state index contributed by atoms with van der Waals surface area (Å²) in [5.41, 5.74) is 1.99. The summed E-state index contributed by atoms with van der Waals surface area (Å²) in [5, 5.41) is 3.74. The van der Waals surface area contributed by atoms with Crippen molar-refractivity contribution in [3.63, 3.8) is 0 Å². The molecule has 0 aliphatic carbocycles. The third-order valence-corrected chi connectivity index (χ3v) is 3.50. The summed E-state index contributed by atoms with van der Waals surface area (Å²) < 4.78 is 1.05. The first kappa shape index (κ1) is 15.3. The van der Waals surface area contributed by atoms with E-state index in [1.807, 2.05) is 19.1 Å². The molecule has 2 aromatic rings. The molecule has 0 unspecified atom stereocenters. The zero-order valence-corrected chi connectivity index (χ0v) is 14.3. The Balaban J connectivity index is 2.36. The van der Waals surface area contributed by atoms with E-state index in [1.54, 1.807) is 6.07 Å². The Hall–Kier alpha value is -1.13. The van der Waals surface area contributed by atoms with Crippen molar-refractivity contribution in [2.45, 2.75) is 33.1 Å². The van der Waals surface area contributed by atoms with Gasteiger partial charge in [-0.2, -0.15) is 0 Å². The minimum Gasteiger partial charge on any atom is -0.340 e. The molecule has 1 aromatic heterocycles. The lowest BCUT2D eigenvalue weighted by atomic mass is 9.96. The fraction of sp³-hybridized carbons (Fsp3) is 0.333. The van der Waals surface area contributed by atoms with Gasteiger partial charge in [-0.3, -0.25) is 0 Å². The van der Waals surface area contributed by atoms with E-state index in [-0.39, 0.29) is 5.41 Å². The van der Waals surface area contributed by atoms with Crippen LogP contribution >= 0.6 is 27.5 Å². The summed E-state index contributed by atoms with van der Waals surface area (Å²) in [6.45, 7) is 8.23. The van der Waals surface area contributed by atoms with Crippen LogP contribution in [0.1, 0.15) is 32.2 Å². The lowest BCUT2D eigenvalue weighted by Gasteiger charge is -2.18. The van der Waals surface area contributed by atoms with Crippen LogP contribution in [0.2, 0.25) is 5.15 Å². The molecule has 2 rings (SSSR count). The molecule has 0 spiro atoms. The van der Waals surface area contributed by atoms with E-state index in [0.717, 1.165) is 21.5 Å². The Labute approximate surface area is 132 Å². The van der Waals surface area contributed by atoms with Crippen molar-refractivity contribution in [1.29, 1.82) is 0 Å². The van der Waals surface area contributed by atoms with Gasteiger partial charge in [0.1, 0.15) is 16.8 Å². The first-order valence-corrected chi connectivity index (χ1v) is 7.51. The number of hydrogen-bond donors (Lipinski definition) is 1. The average molecular weight is 355 g/mol. The van der Waals surface area contributed by atoms with Gasteiger partial charge in [0.2, 0.25) is 0 Å². The second kappa shape index (κ2) is 5.70. The Kier molecular flexibility index (Phi) is 4.35. The van der Waals surface area contributed by atoms with Crippen molar-refractivity contribution in [2.24, 2.45) is 0 Å². The van der Waals surface area contributed by atoms with Crippen molar-refractivity contribution >= 4 is 39.0 Å². The van der Waals surface area contributed by atoms with Gasteiger partial charge in [0.05, 0.1) is 0 Å². The van der Waals surface area contributed by atoms with Crippen LogP contribution < -0.4 is 5.32 Å². The normalized spacial score (nSPS) is 11.5. The summed E-state index contributed by atoms with van der Waals surface area (Å²) in [6, 6.07) is 7.78. The van der Waals surface area contributed by atoms with Gasteiger partial charge in [-0.1, -0.05) is 48.3 Å². The molecule has 0 radical (unpaired) electrons. The zero-order valence-electron chi connectivity index (χ0n) is 12.0. The summed E-state index contributed by atoms with van der Waals surface area (Å²) in [5.74, 6) is 1.43. The number of anilines is 2. The largest absolute Gasteiger partial charge is 0.340 e. The molecule has 0 saturated carbocycles. The van der Waals surface area contributed by atoms with E-state index in [1.165, 1.54) is 0 Å². The maximum Gasteiger partial charge on any atom is 0.137 e. The fourth-order valence-corrected chi connectivity index (χ4v) is 2.38. The summed E-state index contributed by atoms with van der Waals surface area (Å²) in [7, 11) is 0. The SMILES string of the molecule is Cc1cc(Br)ccc1Nc1cc(Cl)nc(C(C)(C)C)n1. The lowest BCUT2D eigenvalue weighted by molar-refractivity contribution is 0.546. The monoisotopic (exact) mass is 353 g/mol. The van der Waals surface area contributed by atoms with E-state index < -0.39 is 0 Å². The molecular weight excluding hydrogens is 338 g/mol. The molecule has 5 heteroatoms. The molecule has 1 aromatic carbocycles. The van der Waals surface area contributed by atoms with Gasteiger partial charge in [-0.05, 0) is 30.7 Å². The highest BCUT2D eigenvalue weighted by atomic mass is 79.9. The van der Waals surface area contributed by atoms with Gasteiger partial charge in [-0.25, -0.2) is 9.97 Å². The predicted molar refractivity (Wildman–Crippen MR) is 87.9 cm³/mol. The molecule has 0 fully saturated rings. The van der Waals surface area contributed by atoms with Crippen LogP contribution in [0.15, 0.2) is 28.7 Å². The molecule has 3 nitrogen and oxygen atoms in total. The minimum atomic E-state index is -0.143. The maximum absolute atomic E-state index is 6.09. The van der Waals surface area contributed by atoms with Crippen LogP contribution in [-0.2, 0) is 5.41 Å². The number of nitrogens with zero attached hydrogens (tertiary/aromatic N) is 2. The van der Waals surface area contributed by atoms with Crippen LogP contribution in [0.5, 0.6) is 0 Å². The quantitative estimate of drug-likeness (QED) is 0.749. The van der Waals surface area contributed by atoms with Crippen molar-refractivity contribution < 1.29 is 0 Å². The molecule has 0 atom stereocenters. The molecule has 106 valence electrons. The van der Waals surface area contributed by atoms with Crippen LogP contribution in [0.4, 0.5) is 11.5 Å². The first-order chi connectivity index (χ1) is 9.25. The van der Waals surface area contributed by atoms with Crippen molar-refractivity contribution in [3.8, 4) is 0 Å². The molecule has 0 saturated heterocycles. The third kappa shape index (κ3) is 3.70. The third-order valence-electron chi connectivity index (χ3n) is 2.82. The molecule has 1 N–H and O–H groups in total. The molecule has 20 heavy (non-hydrogen) atoms. The number of aryl methyl sites for hydroxylation is 1. The van der Waals surface area contributed by atoms with E-state index in [2.05, 4.69) is 58.1 Å². The summed E-state index contributed by atoms with van der Waals surface area (Å²) in [6.07, 6.45) is 0. The maximum atomic E-state index is 6.09. The number of nitrogens with one attached hydrogen (secondary N) is 1. The Morgan fingerprint density at radius 1 is 1.15 bits per heavy atom. The average Bonchev–Trinajstić information content (AvgIpc) is 2.31. The molecular formula is C15H17BrClN3. The number of halogens is 2. The molecule has 0 aliphatic rings. The highest BCUT2D eigenvalue weighted by molar-refractivity contribution is 9.10. The highest BCUT2D eigenvalue weighted by Gasteiger charge is 2.19. The molecule has 0 aliphatic heterocycles. The Morgan fingerprint density at radius 3 is 2.45 bits per heavy atom. The zero-order chi connectivity index (χ0) is 14.9. The van der Waals surface area contributed by atoms with Crippen LogP contribution in [0.3, 0.4) is 0 Å². The summed E-state index contributed by atoms with van der Waals surface area (Å²) >= 11 is 9.55. The number of aromatic nitrogens is 2. The van der Waals surface area contributed by atoms with Crippen LogP contribution in [0, 0.1) is 6.92 Å². The lowest BCUT2D eigenvalue weighted by Crippen LogP contribution is -2.16. The van der Waals surface area contributed by atoms with Gasteiger partial charge in [0.15, 0.2) is 0 Å². The van der Waals surface area contributed by atoms with Crippen LogP contribution in [0.25, 0.3) is 0 Å². The number of rotatable bonds is 2. The summed E-state index contributed by atoms with van der Waals surface area (Å²) in [4.78, 5) is 8.84. The van der Waals surface area contributed by atoms with Crippen LogP contribution in [-0.4, -0.2) is 9.97 Å². The van der Waals surface area contributed by atoms with Crippen molar-refractivity contribution in [1.82, 2.24) is 9.97 Å².